The van der Waals surface area contributed by atoms with Crippen molar-refractivity contribution in [2.24, 2.45) is 0 Å². The van der Waals surface area contributed by atoms with Gasteiger partial charge in [0.1, 0.15) is 0 Å². The van der Waals surface area contributed by atoms with E-state index in [0.717, 1.165) is 0 Å². The van der Waals surface area contributed by atoms with E-state index >= 15 is 0 Å². The van der Waals surface area contributed by atoms with E-state index in [4.69, 9.17) is 0 Å². The highest BCUT2D eigenvalue weighted by atomic mass is 16.6. The van der Waals surface area contributed by atoms with Crippen molar-refractivity contribution in [3.05, 3.63) is 74.8 Å². The van der Waals surface area contributed by atoms with Gasteiger partial charge in [0.2, 0.25) is 0 Å². The van der Waals surface area contributed by atoms with Crippen molar-refractivity contribution in [2.45, 2.75) is 13.8 Å². The molecule has 2 rings (SSSR count). The maximum absolute atomic E-state index is 12.4. The molecular formula is C15H13NO3. The average Bonchev–Trinajstić information content (AvgIpc) is 2.38. The number of carbonyl (C=O) groups is 1. The summed E-state index contributed by atoms with van der Waals surface area (Å²) in [6, 6.07) is 11.8. The van der Waals surface area contributed by atoms with Crippen molar-refractivity contribution in [3.8, 4) is 0 Å². The highest BCUT2D eigenvalue weighted by Crippen LogP contribution is 2.24. The molecule has 0 bridgehead atoms. The van der Waals surface area contributed by atoms with Crippen molar-refractivity contribution >= 4 is 11.5 Å². The van der Waals surface area contributed by atoms with Gasteiger partial charge >= 0.3 is 0 Å². The number of nitrogens with zero attached hydrogens (tertiary/aromatic N) is 1. The Morgan fingerprint density at radius 2 is 1.58 bits per heavy atom. The fraction of sp³-hybridized carbons (Fsp3) is 0.133. The first kappa shape index (κ1) is 13.0. The van der Waals surface area contributed by atoms with Gasteiger partial charge in [-0.2, -0.15) is 0 Å². The van der Waals surface area contributed by atoms with Gasteiger partial charge in [-0.1, -0.05) is 30.3 Å². The molecule has 0 aliphatic carbocycles. The van der Waals surface area contributed by atoms with Crippen LogP contribution < -0.4 is 0 Å². The van der Waals surface area contributed by atoms with Gasteiger partial charge in [0.15, 0.2) is 5.78 Å². The van der Waals surface area contributed by atoms with Crippen LogP contribution in [0.5, 0.6) is 0 Å². The van der Waals surface area contributed by atoms with Crippen LogP contribution in [0.3, 0.4) is 0 Å². The minimum absolute atomic E-state index is 0.0135. The zero-order chi connectivity index (χ0) is 14.0. The van der Waals surface area contributed by atoms with Gasteiger partial charge in [-0.3, -0.25) is 14.9 Å². The Bertz CT molecular complexity index is 625. The topological polar surface area (TPSA) is 60.2 Å². The molecule has 19 heavy (non-hydrogen) atoms. The number of hydrogen-bond acceptors (Lipinski definition) is 3. The van der Waals surface area contributed by atoms with Crippen LogP contribution in [0.25, 0.3) is 0 Å². The smallest absolute Gasteiger partial charge is 0.270 e. The minimum Gasteiger partial charge on any atom is -0.289 e. The Kier molecular flexibility index (Phi) is 3.42. The lowest BCUT2D eigenvalue weighted by atomic mass is 9.94. The fourth-order valence-corrected chi connectivity index (χ4v) is 2.14. The fourth-order valence-electron chi connectivity index (χ4n) is 2.14. The van der Waals surface area contributed by atoms with Crippen LogP contribution in [0, 0.1) is 24.0 Å². The molecule has 0 spiro atoms. The Hall–Kier alpha value is -2.49. The van der Waals surface area contributed by atoms with Gasteiger partial charge < -0.3 is 0 Å². The van der Waals surface area contributed by atoms with Crippen molar-refractivity contribution in [3.63, 3.8) is 0 Å². The predicted molar refractivity (Wildman–Crippen MR) is 72.4 cm³/mol. The lowest BCUT2D eigenvalue weighted by Crippen LogP contribution is -2.07. The van der Waals surface area contributed by atoms with Crippen molar-refractivity contribution < 1.29 is 9.72 Å². The highest BCUT2D eigenvalue weighted by molar-refractivity contribution is 6.10. The largest absolute Gasteiger partial charge is 0.289 e. The molecule has 2 aromatic rings. The Labute approximate surface area is 110 Å². The SMILES string of the molecule is Cc1cc([N+](=O)[O-])cc(C)c1C(=O)c1ccccc1. The number of nitro benzene ring substituents is 1. The van der Waals surface area contributed by atoms with Gasteiger partial charge in [0, 0.05) is 23.3 Å². The summed E-state index contributed by atoms with van der Waals surface area (Å²) in [5.74, 6) is -0.106. The average molecular weight is 255 g/mol. The first-order valence-corrected chi connectivity index (χ1v) is 5.86. The van der Waals surface area contributed by atoms with E-state index in [9.17, 15) is 14.9 Å². The molecule has 0 amide bonds. The van der Waals surface area contributed by atoms with E-state index in [1.807, 2.05) is 6.07 Å². The van der Waals surface area contributed by atoms with Crippen LogP contribution in [-0.2, 0) is 0 Å². The van der Waals surface area contributed by atoms with E-state index in [-0.39, 0.29) is 11.5 Å². The molecule has 4 nitrogen and oxygen atoms in total. The molecule has 96 valence electrons. The molecular weight excluding hydrogens is 242 g/mol. The summed E-state index contributed by atoms with van der Waals surface area (Å²) in [5.41, 5.74) is 2.39. The van der Waals surface area contributed by atoms with Crippen LogP contribution in [0.2, 0.25) is 0 Å². The normalized spacial score (nSPS) is 10.2. The van der Waals surface area contributed by atoms with Crippen molar-refractivity contribution in [2.75, 3.05) is 0 Å². The zero-order valence-corrected chi connectivity index (χ0v) is 10.7. The van der Waals surface area contributed by atoms with Gasteiger partial charge in [-0.25, -0.2) is 0 Å². The maximum atomic E-state index is 12.4. The van der Waals surface area contributed by atoms with Crippen LogP contribution >= 0.6 is 0 Å². The van der Waals surface area contributed by atoms with E-state index < -0.39 is 4.92 Å². The minimum atomic E-state index is -0.448. The molecule has 0 aromatic heterocycles. The predicted octanol–water partition coefficient (Wildman–Crippen LogP) is 3.44. The van der Waals surface area contributed by atoms with Gasteiger partial charge in [0.25, 0.3) is 5.69 Å². The summed E-state index contributed by atoms with van der Waals surface area (Å²) < 4.78 is 0. The number of benzene rings is 2. The second-order valence-electron chi connectivity index (χ2n) is 4.41. The Morgan fingerprint density at radius 1 is 1.05 bits per heavy atom. The number of hydrogen-bond donors (Lipinski definition) is 0. The van der Waals surface area contributed by atoms with E-state index in [1.165, 1.54) is 12.1 Å². The molecule has 0 atom stereocenters. The van der Waals surface area contributed by atoms with Gasteiger partial charge in [-0.15, -0.1) is 0 Å². The molecule has 0 saturated heterocycles. The van der Waals surface area contributed by atoms with Crippen LogP contribution in [0.15, 0.2) is 42.5 Å². The number of non-ortho nitro benzene ring substituents is 1. The maximum Gasteiger partial charge on any atom is 0.270 e. The van der Waals surface area contributed by atoms with E-state index in [2.05, 4.69) is 0 Å². The number of aryl methyl sites for hydroxylation is 2. The number of rotatable bonds is 3. The molecule has 0 saturated carbocycles. The second-order valence-corrected chi connectivity index (χ2v) is 4.41. The summed E-state index contributed by atoms with van der Waals surface area (Å²) in [7, 11) is 0. The third-order valence-electron chi connectivity index (χ3n) is 2.99. The monoisotopic (exact) mass is 255 g/mol. The van der Waals surface area contributed by atoms with Crippen molar-refractivity contribution in [1.82, 2.24) is 0 Å². The second kappa shape index (κ2) is 5.02. The molecule has 2 aromatic carbocycles. The van der Waals surface area contributed by atoms with Crippen LogP contribution in [-0.4, -0.2) is 10.7 Å². The van der Waals surface area contributed by atoms with Crippen LogP contribution in [0.4, 0.5) is 5.69 Å². The number of carbonyl (C=O) groups excluding carboxylic acids is 1. The van der Waals surface area contributed by atoms with Gasteiger partial charge in [-0.05, 0) is 25.0 Å². The lowest BCUT2D eigenvalue weighted by Gasteiger charge is -2.08. The van der Waals surface area contributed by atoms with Crippen molar-refractivity contribution in [1.29, 1.82) is 0 Å². The summed E-state index contributed by atoms with van der Waals surface area (Å²) in [6.07, 6.45) is 0. The molecule has 0 fully saturated rings. The molecule has 0 radical (unpaired) electrons. The quantitative estimate of drug-likeness (QED) is 0.479. The standard InChI is InChI=1S/C15H13NO3/c1-10-8-13(16(18)19)9-11(2)14(10)15(17)12-6-4-3-5-7-12/h3-9H,1-2H3. The Morgan fingerprint density at radius 3 is 2.05 bits per heavy atom. The Balaban J connectivity index is 2.52. The number of nitro groups is 1. The molecule has 4 heteroatoms. The zero-order valence-electron chi connectivity index (χ0n) is 10.7. The molecule has 0 aliphatic rings. The summed E-state index contributed by atoms with van der Waals surface area (Å²) >= 11 is 0. The van der Waals surface area contributed by atoms with E-state index in [1.54, 1.807) is 38.1 Å². The van der Waals surface area contributed by atoms with Gasteiger partial charge in [0.05, 0.1) is 4.92 Å². The molecule has 0 N–H and O–H groups in total. The van der Waals surface area contributed by atoms with Crippen LogP contribution in [0.1, 0.15) is 27.0 Å². The highest BCUT2D eigenvalue weighted by Gasteiger charge is 2.18. The summed E-state index contributed by atoms with van der Waals surface area (Å²) in [4.78, 5) is 22.7. The lowest BCUT2D eigenvalue weighted by molar-refractivity contribution is -0.384. The number of ketones is 1. The molecule has 0 heterocycles. The first-order chi connectivity index (χ1) is 9.00. The summed E-state index contributed by atoms with van der Waals surface area (Å²) in [5, 5.41) is 10.8. The third-order valence-corrected chi connectivity index (χ3v) is 2.99. The molecule has 0 unspecified atom stereocenters. The third kappa shape index (κ3) is 2.52. The summed E-state index contributed by atoms with van der Waals surface area (Å²) in [6.45, 7) is 3.44. The van der Waals surface area contributed by atoms with E-state index in [0.29, 0.717) is 22.3 Å². The first-order valence-electron chi connectivity index (χ1n) is 5.86. The molecule has 0 aliphatic heterocycles.